The molecule has 0 saturated carbocycles. The molecule has 22 heavy (non-hydrogen) atoms. The van der Waals surface area contributed by atoms with E-state index in [2.05, 4.69) is 54.5 Å². The number of hydrogen-bond donors (Lipinski definition) is 0. The molecular weight excluding hydrogens is 268 g/mol. The largest absolute Gasteiger partial charge is 0.300 e. The van der Waals surface area contributed by atoms with Crippen molar-refractivity contribution in [1.29, 1.82) is 0 Å². The lowest BCUT2D eigenvalue weighted by molar-refractivity contribution is -0.117. The molecule has 0 bridgehead atoms. The normalized spacial score (nSPS) is 12.0. The Balaban J connectivity index is 3.42. The predicted octanol–water partition coefficient (Wildman–Crippen LogP) is 5.94. The summed E-state index contributed by atoms with van der Waals surface area (Å²) >= 11 is 0. The van der Waals surface area contributed by atoms with E-state index in [0.717, 1.165) is 51.4 Å². The Morgan fingerprint density at radius 3 is 1.73 bits per heavy atom. The van der Waals surface area contributed by atoms with Crippen LogP contribution in [-0.4, -0.2) is 5.78 Å². The molecule has 0 aromatic carbocycles. The number of carbonyl (C=O) groups is 1. The van der Waals surface area contributed by atoms with Crippen molar-refractivity contribution in [3.8, 4) is 12.3 Å². The molecule has 0 aliphatic carbocycles. The van der Waals surface area contributed by atoms with Crippen molar-refractivity contribution in [3.05, 3.63) is 48.6 Å². The Bertz CT molecular complexity index is 416. The van der Waals surface area contributed by atoms with Crippen LogP contribution in [0.2, 0.25) is 0 Å². The number of Topliss-reactive ketones (excluding diaryl/α,β-unsaturated/α-hetero) is 1. The van der Waals surface area contributed by atoms with Gasteiger partial charge in [0.15, 0.2) is 0 Å². The molecule has 0 radical (unpaired) electrons. The smallest absolute Gasteiger partial charge is 0.129 e. The molecule has 1 nitrogen and oxygen atoms in total. The maximum atomic E-state index is 10.8. The van der Waals surface area contributed by atoms with E-state index in [1.54, 1.807) is 6.92 Å². The highest BCUT2D eigenvalue weighted by Gasteiger charge is 1.89. The molecule has 0 atom stereocenters. The first kappa shape index (κ1) is 20.2. The monoisotopic (exact) mass is 298 g/mol. The highest BCUT2D eigenvalue weighted by atomic mass is 16.1. The van der Waals surface area contributed by atoms with E-state index in [1.165, 1.54) is 0 Å². The molecular formula is C21H30O. The fourth-order valence-electron chi connectivity index (χ4n) is 1.84. The number of terminal acetylenes is 1. The first-order valence-electron chi connectivity index (χ1n) is 8.30. The standard InChI is InChI=1S/C21H30O/c1-3-4-5-6-7-8-9-10-11-12-13-14-15-16-17-18-19-20-21(2)22/h1,7-8,10-11,13-14,16-17H,4-6,9,12,15,18-20H2,2H3/b8-7-,11-10-,14-13-,17-16-. The van der Waals surface area contributed by atoms with E-state index in [0.29, 0.717) is 6.42 Å². The van der Waals surface area contributed by atoms with E-state index in [-0.39, 0.29) is 5.78 Å². The molecule has 0 fully saturated rings. The number of carbonyl (C=O) groups excluding carboxylic acids is 1. The maximum absolute atomic E-state index is 10.8. The molecule has 0 heterocycles. The number of unbranched alkanes of at least 4 members (excludes halogenated alkanes) is 3. The van der Waals surface area contributed by atoms with Gasteiger partial charge >= 0.3 is 0 Å². The molecule has 0 saturated heterocycles. The first-order valence-corrected chi connectivity index (χ1v) is 8.30. The molecule has 0 amide bonds. The van der Waals surface area contributed by atoms with E-state index in [9.17, 15) is 4.79 Å². The average molecular weight is 298 g/mol. The highest BCUT2D eigenvalue weighted by Crippen LogP contribution is 2.00. The van der Waals surface area contributed by atoms with E-state index >= 15 is 0 Å². The summed E-state index contributed by atoms with van der Waals surface area (Å²) in [5, 5.41) is 0. The molecule has 0 aromatic rings. The molecule has 0 unspecified atom stereocenters. The van der Waals surface area contributed by atoms with Crippen LogP contribution in [0.5, 0.6) is 0 Å². The van der Waals surface area contributed by atoms with Gasteiger partial charge in [-0.15, -0.1) is 12.3 Å². The van der Waals surface area contributed by atoms with E-state index < -0.39 is 0 Å². The van der Waals surface area contributed by atoms with Gasteiger partial charge in [0, 0.05) is 12.8 Å². The number of ketones is 1. The zero-order valence-corrected chi connectivity index (χ0v) is 14.0. The minimum absolute atomic E-state index is 0.280. The number of rotatable bonds is 13. The van der Waals surface area contributed by atoms with Crippen molar-refractivity contribution < 1.29 is 4.79 Å². The van der Waals surface area contributed by atoms with Crippen molar-refractivity contribution in [3.63, 3.8) is 0 Å². The van der Waals surface area contributed by atoms with Gasteiger partial charge in [-0.1, -0.05) is 48.6 Å². The van der Waals surface area contributed by atoms with Crippen molar-refractivity contribution in [1.82, 2.24) is 0 Å². The molecule has 0 aromatic heterocycles. The van der Waals surface area contributed by atoms with Gasteiger partial charge < -0.3 is 4.79 Å². The molecule has 0 rings (SSSR count). The zero-order chi connectivity index (χ0) is 16.3. The Kier molecular flexibility index (Phi) is 15.8. The van der Waals surface area contributed by atoms with Gasteiger partial charge in [0.1, 0.15) is 5.78 Å². The van der Waals surface area contributed by atoms with Gasteiger partial charge in [-0.3, -0.25) is 0 Å². The lowest BCUT2D eigenvalue weighted by Crippen LogP contribution is -1.87. The molecule has 0 spiro atoms. The molecule has 0 aliphatic heterocycles. The molecule has 0 N–H and O–H groups in total. The summed E-state index contributed by atoms with van der Waals surface area (Å²) in [6.07, 6.45) is 31.3. The van der Waals surface area contributed by atoms with Crippen LogP contribution in [0.3, 0.4) is 0 Å². The van der Waals surface area contributed by atoms with Crippen molar-refractivity contribution >= 4 is 5.78 Å². The second kappa shape index (κ2) is 17.2. The Morgan fingerprint density at radius 1 is 0.818 bits per heavy atom. The van der Waals surface area contributed by atoms with Crippen LogP contribution >= 0.6 is 0 Å². The van der Waals surface area contributed by atoms with Gasteiger partial charge in [0.05, 0.1) is 0 Å². The lowest BCUT2D eigenvalue weighted by atomic mass is 10.2. The van der Waals surface area contributed by atoms with Crippen LogP contribution in [0.1, 0.15) is 64.7 Å². The van der Waals surface area contributed by atoms with Crippen LogP contribution in [0, 0.1) is 12.3 Å². The second-order valence-corrected chi connectivity index (χ2v) is 5.28. The second-order valence-electron chi connectivity index (χ2n) is 5.28. The third kappa shape index (κ3) is 18.2. The third-order valence-corrected chi connectivity index (χ3v) is 3.07. The van der Waals surface area contributed by atoms with Gasteiger partial charge in [0.2, 0.25) is 0 Å². The van der Waals surface area contributed by atoms with E-state index in [1.807, 2.05) is 0 Å². The van der Waals surface area contributed by atoms with Crippen LogP contribution in [0.15, 0.2) is 48.6 Å². The molecule has 1 heteroatoms. The summed E-state index contributed by atoms with van der Waals surface area (Å²) in [5.41, 5.74) is 0. The Labute approximate surface area is 136 Å². The topological polar surface area (TPSA) is 17.1 Å². The number of hydrogen-bond acceptors (Lipinski definition) is 1. The minimum atomic E-state index is 0.280. The van der Waals surface area contributed by atoms with E-state index in [4.69, 9.17) is 6.42 Å². The van der Waals surface area contributed by atoms with Gasteiger partial charge in [-0.2, -0.15) is 0 Å². The Morgan fingerprint density at radius 2 is 1.27 bits per heavy atom. The first-order chi connectivity index (χ1) is 10.8. The minimum Gasteiger partial charge on any atom is -0.300 e. The van der Waals surface area contributed by atoms with Crippen molar-refractivity contribution in [2.75, 3.05) is 0 Å². The summed E-state index contributed by atoms with van der Waals surface area (Å²) in [6.45, 7) is 1.65. The van der Waals surface area contributed by atoms with Gasteiger partial charge in [-0.05, 0) is 51.9 Å². The summed E-state index contributed by atoms with van der Waals surface area (Å²) < 4.78 is 0. The summed E-state index contributed by atoms with van der Waals surface area (Å²) in [6, 6.07) is 0. The maximum Gasteiger partial charge on any atom is 0.129 e. The molecule has 0 aliphatic rings. The van der Waals surface area contributed by atoms with Gasteiger partial charge in [0.25, 0.3) is 0 Å². The molecule has 120 valence electrons. The summed E-state index contributed by atoms with van der Waals surface area (Å²) in [4.78, 5) is 10.8. The Hall–Kier alpha value is -1.81. The SMILES string of the molecule is C#CCCC/C=C\C/C=C\C/C=C\C/C=C\CCCC(C)=O. The van der Waals surface area contributed by atoms with Gasteiger partial charge in [-0.25, -0.2) is 0 Å². The zero-order valence-electron chi connectivity index (χ0n) is 14.0. The van der Waals surface area contributed by atoms with Crippen LogP contribution < -0.4 is 0 Å². The average Bonchev–Trinajstić information content (AvgIpc) is 2.50. The number of allylic oxidation sites excluding steroid dienone is 8. The van der Waals surface area contributed by atoms with Crippen molar-refractivity contribution in [2.24, 2.45) is 0 Å². The summed E-state index contributed by atoms with van der Waals surface area (Å²) in [5.74, 6) is 2.93. The highest BCUT2D eigenvalue weighted by molar-refractivity contribution is 5.75. The van der Waals surface area contributed by atoms with Crippen molar-refractivity contribution in [2.45, 2.75) is 64.7 Å². The fraction of sp³-hybridized carbons (Fsp3) is 0.476. The van der Waals surface area contributed by atoms with Crippen LogP contribution in [0.4, 0.5) is 0 Å². The fourth-order valence-corrected chi connectivity index (χ4v) is 1.84. The summed E-state index contributed by atoms with van der Waals surface area (Å²) in [7, 11) is 0. The van der Waals surface area contributed by atoms with Crippen LogP contribution in [-0.2, 0) is 4.79 Å². The lowest BCUT2D eigenvalue weighted by Gasteiger charge is -1.90. The van der Waals surface area contributed by atoms with Crippen LogP contribution in [0.25, 0.3) is 0 Å². The third-order valence-electron chi connectivity index (χ3n) is 3.07. The predicted molar refractivity (Wildman–Crippen MR) is 97.6 cm³/mol. The quantitative estimate of drug-likeness (QED) is 0.233.